The molecular weight excluding hydrogens is 712 g/mol. The van der Waals surface area contributed by atoms with E-state index in [1.165, 1.54) is 12.1 Å². The fourth-order valence-electron chi connectivity index (χ4n) is 5.43. The molecule has 262 valence electrons. The molecule has 0 saturated heterocycles. The van der Waals surface area contributed by atoms with Crippen LogP contribution in [0.15, 0.2) is 95.5 Å². The van der Waals surface area contributed by atoms with E-state index in [0.717, 1.165) is 22.8 Å². The van der Waals surface area contributed by atoms with Crippen LogP contribution in [0.3, 0.4) is 0 Å². The molecule has 4 aromatic carbocycles. The highest BCUT2D eigenvalue weighted by molar-refractivity contribution is 7.85. The Labute approximate surface area is 298 Å². The van der Waals surface area contributed by atoms with Crippen molar-refractivity contribution in [3.8, 4) is 22.5 Å². The first-order valence-corrected chi connectivity index (χ1v) is 17.8. The van der Waals surface area contributed by atoms with Crippen molar-refractivity contribution in [2.75, 3.05) is 12.3 Å². The number of carbonyl (C=O) groups is 1. The molecule has 2 N–H and O–H groups in total. The van der Waals surface area contributed by atoms with Gasteiger partial charge < -0.3 is 9.84 Å². The number of aromatic nitrogens is 1. The molecule has 0 aliphatic heterocycles. The second kappa shape index (κ2) is 14.6. The first kappa shape index (κ1) is 37.1. The van der Waals surface area contributed by atoms with Gasteiger partial charge in [0, 0.05) is 40.2 Å². The zero-order valence-electron chi connectivity index (χ0n) is 27.2. The number of amides is 1. The summed E-state index contributed by atoms with van der Waals surface area (Å²) in [5, 5.41) is 6.77. The van der Waals surface area contributed by atoms with Gasteiger partial charge in [-0.15, -0.1) is 0 Å². The van der Waals surface area contributed by atoms with Crippen LogP contribution in [0.25, 0.3) is 22.5 Å². The number of benzene rings is 4. The van der Waals surface area contributed by atoms with Crippen LogP contribution in [0.4, 0.5) is 13.2 Å². The van der Waals surface area contributed by atoms with Gasteiger partial charge in [0.1, 0.15) is 0 Å². The summed E-state index contributed by atoms with van der Waals surface area (Å²) in [6.07, 6.45) is -4.10. The molecule has 0 aliphatic rings. The van der Waals surface area contributed by atoms with E-state index < -0.39 is 38.5 Å². The van der Waals surface area contributed by atoms with E-state index in [4.69, 9.17) is 32.3 Å². The highest BCUT2D eigenvalue weighted by Crippen LogP contribution is 2.40. The Kier molecular flexibility index (Phi) is 10.8. The van der Waals surface area contributed by atoms with E-state index in [1.807, 2.05) is 18.2 Å². The second-order valence-corrected chi connectivity index (χ2v) is 15.3. The van der Waals surface area contributed by atoms with Crippen molar-refractivity contribution in [1.29, 1.82) is 0 Å². The minimum Gasteiger partial charge on any atom is -0.356 e. The van der Waals surface area contributed by atoms with Crippen molar-refractivity contribution < 1.29 is 35.5 Å². The van der Waals surface area contributed by atoms with Crippen LogP contribution in [-0.2, 0) is 28.1 Å². The molecule has 0 bridgehead atoms. The summed E-state index contributed by atoms with van der Waals surface area (Å²) in [5.41, 5.74) is 4.45. The quantitative estimate of drug-likeness (QED) is 0.138. The molecular formula is C37H33Cl2F3N2O5S. The Bertz CT molecular complexity index is 2110. The van der Waals surface area contributed by atoms with Crippen LogP contribution >= 0.6 is 23.2 Å². The molecule has 1 heterocycles. The van der Waals surface area contributed by atoms with E-state index >= 15 is 0 Å². The second-order valence-electron chi connectivity index (χ2n) is 12.9. The number of carbonyl (C=O) groups excluding carboxylic acids is 1. The third kappa shape index (κ3) is 9.14. The molecule has 0 spiro atoms. The van der Waals surface area contributed by atoms with Gasteiger partial charge in [0.15, 0.2) is 5.76 Å². The molecule has 1 unspecified atom stereocenters. The fraction of sp³-hybridized carbons (Fsp3) is 0.243. The number of nitrogens with one attached hydrogen (secondary N) is 1. The number of nitrogens with zero attached hydrogens (tertiary/aromatic N) is 1. The van der Waals surface area contributed by atoms with Gasteiger partial charge in [-0.25, -0.2) is 0 Å². The molecule has 50 heavy (non-hydrogen) atoms. The summed E-state index contributed by atoms with van der Waals surface area (Å²) in [4.78, 5) is 12.5. The van der Waals surface area contributed by atoms with Crippen molar-refractivity contribution >= 4 is 39.2 Å². The summed E-state index contributed by atoms with van der Waals surface area (Å²) in [6, 6.07) is 25.5. The van der Waals surface area contributed by atoms with Crippen LogP contribution in [-0.4, -0.2) is 36.3 Å². The Hall–Kier alpha value is -4.16. The first-order chi connectivity index (χ1) is 23.4. The highest BCUT2D eigenvalue weighted by atomic mass is 35.5. The van der Waals surface area contributed by atoms with E-state index in [0.29, 0.717) is 45.2 Å². The molecule has 13 heteroatoms. The third-order valence-corrected chi connectivity index (χ3v) is 9.56. The van der Waals surface area contributed by atoms with Crippen molar-refractivity contribution in [3.63, 3.8) is 0 Å². The Balaban J connectivity index is 1.44. The minimum atomic E-state index is -4.59. The van der Waals surface area contributed by atoms with Gasteiger partial charge in [-0.3, -0.25) is 9.35 Å². The first-order valence-electron chi connectivity index (χ1n) is 15.5. The number of hydrogen-bond donors (Lipinski definition) is 2. The molecule has 1 atom stereocenters. The van der Waals surface area contributed by atoms with Gasteiger partial charge in [-0.1, -0.05) is 91.6 Å². The molecule has 5 aromatic rings. The molecule has 0 radical (unpaired) electrons. The average Bonchev–Trinajstić information content (AvgIpc) is 3.52. The highest BCUT2D eigenvalue weighted by Gasteiger charge is 2.33. The molecule has 0 saturated carbocycles. The predicted octanol–water partition coefficient (Wildman–Crippen LogP) is 9.62. The van der Waals surface area contributed by atoms with E-state index in [-0.39, 0.29) is 17.9 Å². The molecule has 1 amide bonds. The summed E-state index contributed by atoms with van der Waals surface area (Å²) < 4.78 is 76.6. The van der Waals surface area contributed by atoms with Gasteiger partial charge in [0.2, 0.25) is 0 Å². The van der Waals surface area contributed by atoms with Crippen molar-refractivity contribution in [2.45, 2.75) is 44.7 Å². The average molecular weight is 746 g/mol. The van der Waals surface area contributed by atoms with Crippen LogP contribution in [0.5, 0.6) is 0 Å². The number of hydrogen-bond acceptors (Lipinski definition) is 5. The normalized spacial score (nSPS) is 12.9. The third-order valence-electron chi connectivity index (χ3n) is 8.20. The van der Waals surface area contributed by atoms with E-state index in [1.54, 1.807) is 42.5 Å². The molecule has 7 nitrogen and oxygen atoms in total. The molecule has 0 fully saturated rings. The monoisotopic (exact) mass is 744 g/mol. The van der Waals surface area contributed by atoms with Crippen molar-refractivity contribution in [2.24, 2.45) is 0 Å². The Morgan fingerprint density at radius 2 is 1.54 bits per heavy atom. The van der Waals surface area contributed by atoms with Gasteiger partial charge >= 0.3 is 6.18 Å². The predicted molar refractivity (Wildman–Crippen MR) is 188 cm³/mol. The zero-order valence-corrected chi connectivity index (χ0v) is 29.5. The Morgan fingerprint density at radius 3 is 2.14 bits per heavy atom. The lowest BCUT2D eigenvalue weighted by atomic mass is 9.83. The van der Waals surface area contributed by atoms with E-state index in [2.05, 4.69) is 43.4 Å². The van der Waals surface area contributed by atoms with Crippen molar-refractivity contribution in [3.05, 3.63) is 135 Å². The van der Waals surface area contributed by atoms with Gasteiger partial charge in [-0.2, -0.15) is 21.6 Å². The number of rotatable bonds is 10. The minimum absolute atomic E-state index is 0.0591. The van der Waals surface area contributed by atoms with Gasteiger partial charge in [0.25, 0.3) is 16.0 Å². The summed E-state index contributed by atoms with van der Waals surface area (Å²) in [7, 11) is -4.20. The topological polar surface area (TPSA) is 110 Å². The lowest BCUT2D eigenvalue weighted by molar-refractivity contribution is -0.137. The maximum Gasteiger partial charge on any atom is 0.417 e. The van der Waals surface area contributed by atoms with E-state index in [9.17, 15) is 26.4 Å². The standard InChI is InChI=1S/C37H33Cl2F3N2O5S/c1-36(2,3)27-12-8-23(9-13-27)29(18-22-4-6-24(7-5-22)35(45)43-16-17-50(46,47)48)33-21-34(49-44-33)26-11-15-31(38)28(19-26)25-10-14-30(32(39)20-25)37(40,41)42/h4-15,19-21,29H,16-18H2,1-3H3,(H,43,45)(H,46,47,48). The molecule has 0 aliphatic carbocycles. The lowest BCUT2D eigenvalue weighted by Crippen LogP contribution is -2.28. The van der Waals surface area contributed by atoms with Crippen molar-refractivity contribution in [1.82, 2.24) is 10.5 Å². The van der Waals surface area contributed by atoms with Crippen LogP contribution in [0.2, 0.25) is 10.0 Å². The maximum absolute atomic E-state index is 13.3. The largest absolute Gasteiger partial charge is 0.417 e. The Morgan fingerprint density at radius 1 is 0.880 bits per heavy atom. The van der Waals surface area contributed by atoms with Gasteiger partial charge in [0.05, 0.1) is 22.0 Å². The number of alkyl halides is 3. The summed E-state index contributed by atoms with van der Waals surface area (Å²) >= 11 is 12.5. The smallest absolute Gasteiger partial charge is 0.356 e. The number of halogens is 5. The van der Waals surface area contributed by atoms with Gasteiger partial charge in [-0.05, 0) is 76.6 Å². The van der Waals surface area contributed by atoms with Crippen LogP contribution in [0, 0.1) is 0 Å². The zero-order chi connectivity index (χ0) is 36.4. The van der Waals surface area contributed by atoms with Crippen LogP contribution in [0.1, 0.15) is 65.0 Å². The SMILES string of the molecule is CC(C)(C)c1ccc(C(Cc2ccc(C(=O)NCCS(=O)(=O)O)cc2)c2cc(-c3ccc(Cl)c(-c4ccc(C(F)(F)F)c(Cl)c4)c3)on2)cc1. The molecule has 5 rings (SSSR count). The molecule has 1 aromatic heterocycles. The lowest BCUT2D eigenvalue weighted by Gasteiger charge is -2.21. The maximum atomic E-state index is 13.3. The fourth-order valence-corrected chi connectivity index (χ4v) is 6.31. The summed E-state index contributed by atoms with van der Waals surface area (Å²) in [6.45, 7) is 6.16. The van der Waals surface area contributed by atoms with Crippen LogP contribution < -0.4 is 5.32 Å². The summed E-state index contributed by atoms with van der Waals surface area (Å²) in [5.74, 6) is -0.912.